The predicted molar refractivity (Wildman–Crippen MR) is 116 cm³/mol. The minimum absolute atomic E-state index is 0.0298. The van der Waals surface area contributed by atoms with Crippen molar-refractivity contribution in [2.45, 2.75) is 13.3 Å². The van der Waals surface area contributed by atoms with Crippen LogP contribution in [0.2, 0.25) is 0 Å². The van der Waals surface area contributed by atoms with Gasteiger partial charge in [0.15, 0.2) is 0 Å². The molecular weight excluding hydrogens is 362 g/mol. The van der Waals surface area contributed by atoms with Crippen molar-refractivity contribution < 1.29 is 4.79 Å². The molecule has 0 spiro atoms. The highest BCUT2D eigenvalue weighted by Gasteiger charge is 2.19. The third-order valence-electron chi connectivity index (χ3n) is 5.22. The summed E-state index contributed by atoms with van der Waals surface area (Å²) in [5.41, 5.74) is 2.89. The van der Waals surface area contributed by atoms with Crippen molar-refractivity contribution in [2.24, 2.45) is 0 Å². The Balaban J connectivity index is 1.31. The smallest absolute Gasteiger partial charge is 0.228 e. The van der Waals surface area contributed by atoms with Crippen LogP contribution in [-0.2, 0) is 11.2 Å². The molecule has 1 saturated heterocycles. The number of carbonyl (C=O) groups excluding carboxylic acids is 1. The molecule has 1 fully saturated rings. The fourth-order valence-corrected chi connectivity index (χ4v) is 3.54. The first-order valence-corrected chi connectivity index (χ1v) is 9.90. The second kappa shape index (κ2) is 8.73. The molecule has 3 aromatic rings. The lowest BCUT2D eigenvalue weighted by atomic mass is 10.1. The number of benzene rings is 1. The molecule has 0 radical (unpaired) electrons. The van der Waals surface area contributed by atoms with Crippen molar-refractivity contribution in [3.63, 3.8) is 0 Å². The number of rotatable bonds is 5. The molecule has 0 bridgehead atoms. The Morgan fingerprint density at radius 1 is 0.897 bits per heavy atom. The van der Waals surface area contributed by atoms with Crippen LogP contribution in [0.5, 0.6) is 0 Å². The summed E-state index contributed by atoms with van der Waals surface area (Å²) >= 11 is 0. The van der Waals surface area contributed by atoms with E-state index in [0.717, 1.165) is 54.6 Å². The normalized spacial score (nSPS) is 14.0. The van der Waals surface area contributed by atoms with Crippen molar-refractivity contribution in [1.82, 2.24) is 9.97 Å². The van der Waals surface area contributed by atoms with Crippen LogP contribution in [-0.4, -0.2) is 42.1 Å². The Morgan fingerprint density at radius 3 is 2.21 bits per heavy atom. The maximum Gasteiger partial charge on any atom is 0.228 e. The molecule has 6 heteroatoms. The van der Waals surface area contributed by atoms with E-state index in [1.165, 1.54) is 0 Å². The monoisotopic (exact) mass is 387 g/mol. The van der Waals surface area contributed by atoms with Gasteiger partial charge in [-0.05, 0) is 42.3 Å². The summed E-state index contributed by atoms with van der Waals surface area (Å²) in [7, 11) is 0. The Labute approximate surface area is 171 Å². The lowest BCUT2D eigenvalue weighted by molar-refractivity contribution is -0.115. The van der Waals surface area contributed by atoms with Gasteiger partial charge >= 0.3 is 0 Å². The number of nitrogens with one attached hydrogen (secondary N) is 1. The van der Waals surface area contributed by atoms with Gasteiger partial charge in [0.25, 0.3) is 0 Å². The first-order valence-electron chi connectivity index (χ1n) is 9.90. The minimum atomic E-state index is -0.0298. The molecule has 6 nitrogen and oxygen atoms in total. The second-order valence-electron chi connectivity index (χ2n) is 7.22. The van der Waals surface area contributed by atoms with E-state index in [2.05, 4.69) is 25.1 Å². The SMILES string of the molecule is Cc1ccccc1CC(=O)Nc1ccc(N2CCN(c3ccccn3)CC2)nc1. The van der Waals surface area contributed by atoms with Gasteiger partial charge in [-0.2, -0.15) is 0 Å². The number of piperazine rings is 1. The summed E-state index contributed by atoms with van der Waals surface area (Å²) in [6, 6.07) is 17.8. The third-order valence-corrected chi connectivity index (χ3v) is 5.22. The van der Waals surface area contributed by atoms with Crippen LogP contribution in [0.1, 0.15) is 11.1 Å². The lowest BCUT2D eigenvalue weighted by Gasteiger charge is -2.36. The second-order valence-corrected chi connectivity index (χ2v) is 7.22. The summed E-state index contributed by atoms with van der Waals surface area (Å²) in [5.74, 6) is 1.92. The number of carbonyl (C=O) groups is 1. The highest BCUT2D eigenvalue weighted by Crippen LogP contribution is 2.19. The molecule has 0 atom stereocenters. The molecule has 1 N–H and O–H groups in total. The van der Waals surface area contributed by atoms with Gasteiger partial charge in [-0.1, -0.05) is 30.3 Å². The molecule has 0 saturated carbocycles. The van der Waals surface area contributed by atoms with Crippen LogP contribution in [0, 0.1) is 6.92 Å². The number of hydrogen-bond donors (Lipinski definition) is 1. The molecule has 4 rings (SSSR count). The summed E-state index contributed by atoms with van der Waals surface area (Å²) in [6.45, 7) is 5.62. The van der Waals surface area contributed by atoms with Crippen LogP contribution < -0.4 is 15.1 Å². The molecule has 1 aromatic carbocycles. The molecule has 2 aromatic heterocycles. The van der Waals surface area contributed by atoms with Gasteiger partial charge < -0.3 is 15.1 Å². The Hall–Kier alpha value is -3.41. The summed E-state index contributed by atoms with van der Waals surface area (Å²) in [5, 5.41) is 2.94. The molecule has 0 aliphatic carbocycles. The number of amides is 1. The van der Waals surface area contributed by atoms with E-state index >= 15 is 0 Å². The van der Waals surface area contributed by atoms with E-state index in [9.17, 15) is 4.79 Å². The molecule has 0 unspecified atom stereocenters. The van der Waals surface area contributed by atoms with E-state index < -0.39 is 0 Å². The van der Waals surface area contributed by atoms with Crippen LogP contribution >= 0.6 is 0 Å². The third kappa shape index (κ3) is 4.71. The van der Waals surface area contributed by atoms with Gasteiger partial charge in [0.05, 0.1) is 18.3 Å². The first kappa shape index (κ1) is 18.9. The highest BCUT2D eigenvalue weighted by atomic mass is 16.1. The predicted octanol–water partition coefficient (Wildman–Crippen LogP) is 3.29. The van der Waals surface area contributed by atoms with E-state index in [1.807, 2.05) is 67.7 Å². The Kier molecular flexibility index (Phi) is 5.70. The molecule has 148 valence electrons. The average Bonchev–Trinajstić information content (AvgIpc) is 2.77. The Bertz CT molecular complexity index is 951. The topological polar surface area (TPSA) is 61.4 Å². The number of aryl methyl sites for hydroxylation is 1. The van der Waals surface area contributed by atoms with E-state index in [0.29, 0.717) is 6.42 Å². The molecule has 1 amide bonds. The van der Waals surface area contributed by atoms with Crippen LogP contribution in [0.3, 0.4) is 0 Å². The molecule has 1 aliphatic heterocycles. The fourth-order valence-electron chi connectivity index (χ4n) is 3.54. The highest BCUT2D eigenvalue weighted by molar-refractivity contribution is 5.92. The van der Waals surface area contributed by atoms with Crippen molar-refractivity contribution in [3.05, 3.63) is 78.1 Å². The van der Waals surface area contributed by atoms with E-state index in [1.54, 1.807) is 6.20 Å². The quantitative estimate of drug-likeness (QED) is 0.728. The number of anilines is 3. The molecule has 29 heavy (non-hydrogen) atoms. The van der Waals surface area contributed by atoms with Crippen LogP contribution in [0.15, 0.2) is 67.0 Å². The van der Waals surface area contributed by atoms with Gasteiger partial charge in [0.1, 0.15) is 11.6 Å². The number of aromatic nitrogens is 2. The first-order chi connectivity index (χ1) is 14.2. The standard InChI is InChI=1S/C23H25N5O/c1-18-6-2-3-7-19(18)16-23(29)26-20-9-10-22(25-17-20)28-14-12-27(13-15-28)21-8-4-5-11-24-21/h2-11,17H,12-16H2,1H3,(H,26,29). The van der Waals surface area contributed by atoms with Crippen molar-refractivity contribution >= 4 is 23.2 Å². The lowest BCUT2D eigenvalue weighted by Crippen LogP contribution is -2.47. The van der Waals surface area contributed by atoms with E-state index in [-0.39, 0.29) is 5.91 Å². The summed E-state index contributed by atoms with van der Waals surface area (Å²) in [4.78, 5) is 25.9. The van der Waals surface area contributed by atoms with Gasteiger partial charge in [0, 0.05) is 32.4 Å². The van der Waals surface area contributed by atoms with Gasteiger partial charge in [-0.15, -0.1) is 0 Å². The summed E-state index contributed by atoms with van der Waals surface area (Å²) in [6.07, 6.45) is 3.93. The van der Waals surface area contributed by atoms with Crippen molar-refractivity contribution in [2.75, 3.05) is 41.3 Å². The van der Waals surface area contributed by atoms with Gasteiger partial charge in [-0.3, -0.25) is 4.79 Å². The Morgan fingerprint density at radius 2 is 1.59 bits per heavy atom. The number of pyridine rings is 2. The number of hydrogen-bond acceptors (Lipinski definition) is 5. The average molecular weight is 387 g/mol. The van der Waals surface area contributed by atoms with Crippen LogP contribution in [0.4, 0.5) is 17.3 Å². The number of nitrogens with zero attached hydrogens (tertiary/aromatic N) is 4. The zero-order valence-electron chi connectivity index (χ0n) is 16.6. The van der Waals surface area contributed by atoms with E-state index in [4.69, 9.17) is 0 Å². The zero-order chi connectivity index (χ0) is 20.1. The fraction of sp³-hybridized carbons (Fsp3) is 0.261. The minimum Gasteiger partial charge on any atom is -0.353 e. The molecular formula is C23H25N5O. The molecule has 3 heterocycles. The van der Waals surface area contributed by atoms with Crippen molar-refractivity contribution in [1.29, 1.82) is 0 Å². The maximum absolute atomic E-state index is 12.3. The maximum atomic E-state index is 12.3. The van der Waals surface area contributed by atoms with Gasteiger partial charge in [-0.25, -0.2) is 9.97 Å². The zero-order valence-corrected chi connectivity index (χ0v) is 16.6. The van der Waals surface area contributed by atoms with Crippen LogP contribution in [0.25, 0.3) is 0 Å². The van der Waals surface area contributed by atoms with Gasteiger partial charge in [0.2, 0.25) is 5.91 Å². The van der Waals surface area contributed by atoms with Crippen molar-refractivity contribution in [3.8, 4) is 0 Å². The molecule has 1 aliphatic rings. The summed E-state index contributed by atoms with van der Waals surface area (Å²) < 4.78 is 0. The largest absolute Gasteiger partial charge is 0.353 e.